The van der Waals surface area contributed by atoms with Crippen molar-refractivity contribution in [3.05, 3.63) is 146 Å². The summed E-state index contributed by atoms with van der Waals surface area (Å²) in [5.41, 5.74) is 0. The Morgan fingerprint density at radius 2 is 0.538 bits per heavy atom. The molecule has 17 nitrogen and oxygen atoms in total. The summed E-state index contributed by atoms with van der Waals surface area (Å²) < 4.78 is 68.5. The zero-order chi connectivity index (χ0) is 76.0. The summed E-state index contributed by atoms with van der Waals surface area (Å²) in [5, 5.41) is 10.6. The van der Waals surface area contributed by atoms with Gasteiger partial charge >= 0.3 is 39.5 Å². The van der Waals surface area contributed by atoms with E-state index in [0.717, 1.165) is 186 Å². The number of esters is 4. The molecular formula is C85H142O17P2. The first-order chi connectivity index (χ1) is 50.7. The van der Waals surface area contributed by atoms with E-state index in [-0.39, 0.29) is 25.7 Å². The molecule has 0 aromatic carbocycles. The first-order valence-corrected chi connectivity index (χ1v) is 43.1. The van der Waals surface area contributed by atoms with Crippen LogP contribution in [0.1, 0.15) is 310 Å². The number of hydrogen-bond donors (Lipinski definition) is 3. The molecule has 0 rings (SSSR count). The highest BCUT2D eigenvalue weighted by molar-refractivity contribution is 7.47. The summed E-state index contributed by atoms with van der Waals surface area (Å²) in [4.78, 5) is 73.0. The molecule has 0 saturated carbocycles. The Balaban J connectivity index is 5.43. The van der Waals surface area contributed by atoms with Crippen molar-refractivity contribution < 1.29 is 80.2 Å². The van der Waals surface area contributed by atoms with Gasteiger partial charge in [0.2, 0.25) is 0 Å². The maximum Gasteiger partial charge on any atom is 0.472 e. The van der Waals surface area contributed by atoms with E-state index in [4.69, 9.17) is 37.0 Å². The number of ether oxygens (including phenoxy) is 4. The number of carbonyl (C=O) groups is 4. The Bertz CT molecular complexity index is 2540. The molecule has 0 aliphatic rings. The summed E-state index contributed by atoms with van der Waals surface area (Å²) in [6.07, 6.45) is 87.0. The first kappa shape index (κ1) is 98.9. The van der Waals surface area contributed by atoms with E-state index in [1.807, 2.05) is 18.2 Å². The van der Waals surface area contributed by atoms with Crippen molar-refractivity contribution in [3.8, 4) is 0 Å². The zero-order valence-corrected chi connectivity index (χ0v) is 66.7. The van der Waals surface area contributed by atoms with E-state index in [2.05, 4.69) is 155 Å². The van der Waals surface area contributed by atoms with Crippen molar-refractivity contribution in [1.82, 2.24) is 0 Å². The lowest BCUT2D eigenvalue weighted by molar-refractivity contribution is -0.161. The van der Waals surface area contributed by atoms with Gasteiger partial charge in [0.05, 0.1) is 26.4 Å². The fourth-order valence-electron chi connectivity index (χ4n) is 10.2. The fourth-order valence-corrected chi connectivity index (χ4v) is 11.8. The van der Waals surface area contributed by atoms with Crippen molar-refractivity contribution >= 4 is 39.5 Å². The third-order valence-electron chi connectivity index (χ3n) is 16.3. The number of hydrogen-bond acceptors (Lipinski definition) is 15. The van der Waals surface area contributed by atoms with Gasteiger partial charge in [-0.15, -0.1) is 0 Å². The Morgan fingerprint density at radius 3 is 0.875 bits per heavy atom. The predicted octanol–water partition coefficient (Wildman–Crippen LogP) is 23.4. The molecule has 0 amide bonds. The molecule has 0 spiro atoms. The third-order valence-corrected chi connectivity index (χ3v) is 18.2. The summed E-state index contributed by atoms with van der Waals surface area (Å²) in [5.74, 6) is -2.31. The van der Waals surface area contributed by atoms with E-state index >= 15 is 0 Å². The van der Waals surface area contributed by atoms with Crippen molar-refractivity contribution in [2.24, 2.45) is 0 Å². The smallest absolute Gasteiger partial charge is 0.462 e. The average molecular weight is 1500 g/mol. The molecule has 5 unspecified atom stereocenters. The fraction of sp³-hybridized carbons (Fsp3) is 0.671. The van der Waals surface area contributed by atoms with Crippen LogP contribution in [0, 0.1) is 0 Å². The molecule has 0 fully saturated rings. The maximum absolute atomic E-state index is 13.1. The number of aliphatic hydroxyl groups excluding tert-OH is 1. The van der Waals surface area contributed by atoms with Gasteiger partial charge in [-0.25, -0.2) is 9.13 Å². The predicted molar refractivity (Wildman–Crippen MR) is 427 cm³/mol. The lowest BCUT2D eigenvalue weighted by Crippen LogP contribution is -2.30. The van der Waals surface area contributed by atoms with Crippen LogP contribution in [-0.4, -0.2) is 96.7 Å². The van der Waals surface area contributed by atoms with Crippen molar-refractivity contribution in [2.75, 3.05) is 39.6 Å². The van der Waals surface area contributed by atoms with Gasteiger partial charge in [0.1, 0.15) is 19.3 Å². The molecule has 5 atom stereocenters. The van der Waals surface area contributed by atoms with Gasteiger partial charge in [-0.2, -0.15) is 0 Å². The van der Waals surface area contributed by atoms with E-state index in [1.165, 1.54) is 38.5 Å². The molecular weight excluding hydrogens is 1350 g/mol. The van der Waals surface area contributed by atoms with Gasteiger partial charge in [0, 0.05) is 25.7 Å². The van der Waals surface area contributed by atoms with Crippen molar-refractivity contribution in [1.29, 1.82) is 0 Å². The minimum Gasteiger partial charge on any atom is -0.462 e. The highest BCUT2D eigenvalue weighted by atomic mass is 31.2. The maximum atomic E-state index is 13.1. The van der Waals surface area contributed by atoms with Gasteiger partial charge in [-0.05, 0) is 148 Å². The minimum atomic E-state index is -5.00. The summed E-state index contributed by atoms with van der Waals surface area (Å²) >= 11 is 0. The van der Waals surface area contributed by atoms with Crippen LogP contribution in [0.25, 0.3) is 0 Å². The molecule has 0 aliphatic carbocycles. The largest absolute Gasteiger partial charge is 0.472 e. The number of phosphoric ester groups is 2. The van der Waals surface area contributed by atoms with Crippen LogP contribution >= 0.6 is 15.6 Å². The molecule has 0 heterocycles. The standard InChI is InChI=1S/C85H142O17P2/c1-5-9-13-17-21-25-29-33-36-38-39-41-44-47-50-54-58-62-66-70-83(88)95-75-80(101-84(89)71-67-63-59-55-51-45-32-28-24-20-16-12-8-4)77-99-103(91,92)97-73-79(86)74-98-104(93,94)100-78-81(102-85(90)72-68-64-60-56-52-48-42-35-31-27-23-19-15-11-7-3)76-96-82(87)69-65-61-57-53-49-46-43-40-37-34-30-26-22-18-14-10-6-2/h9-10,13-14,16,20-22,25-26,28,32-37,39,41-42,47,50,58,62,79-81,86H,5-8,11-12,15,17-19,23-24,27,29-31,38,40,43-46,48-49,51-57,59-61,63-78H2,1-4H3,(H,91,92)(H,93,94)/b13-9-,14-10-,20-16-,25-21-,26-22-,32-28-,36-33-,37-34-,41-39-,42-35-,50-47-,62-58-. The van der Waals surface area contributed by atoms with Crippen LogP contribution in [0.4, 0.5) is 0 Å². The monoisotopic (exact) mass is 1500 g/mol. The van der Waals surface area contributed by atoms with Crippen LogP contribution in [0.2, 0.25) is 0 Å². The Hall–Kier alpha value is -5.06. The quantitative estimate of drug-likeness (QED) is 0.0169. The summed E-state index contributed by atoms with van der Waals surface area (Å²) in [7, 11) is -9.99. The van der Waals surface area contributed by atoms with Crippen LogP contribution in [-0.2, 0) is 65.4 Å². The number of carbonyl (C=O) groups excluding carboxylic acids is 4. The molecule has 19 heteroatoms. The molecule has 0 aromatic rings. The summed E-state index contributed by atoms with van der Waals surface area (Å²) in [6, 6.07) is 0. The lowest BCUT2D eigenvalue weighted by Gasteiger charge is -2.21. The van der Waals surface area contributed by atoms with Gasteiger partial charge in [0.15, 0.2) is 12.2 Å². The molecule has 0 aromatic heterocycles. The van der Waals surface area contributed by atoms with Crippen molar-refractivity contribution in [2.45, 2.75) is 329 Å². The number of allylic oxidation sites excluding steroid dienone is 24. The molecule has 3 N–H and O–H groups in total. The molecule has 0 saturated heterocycles. The van der Waals surface area contributed by atoms with Gasteiger partial charge in [-0.3, -0.25) is 37.3 Å². The van der Waals surface area contributed by atoms with E-state index in [1.54, 1.807) is 0 Å². The van der Waals surface area contributed by atoms with E-state index in [9.17, 15) is 43.2 Å². The molecule has 104 heavy (non-hydrogen) atoms. The average Bonchev–Trinajstić information content (AvgIpc) is 0.939. The van der Waals surface area contributed by atoms with Gasteiger partial charge < -0.3 is 33.8 Å². The zero-order valence-electron chi connectivity index (χ0n) is 64.9. The summed E-state index contributed by atoms with van der Waals surface area (Å²) in [6.45, 7) is 4.47. The SMILES string of the molecule is CC/C=C\C/C=C\C/C=C\C/C=C\C/C=C\C/C=C\CCC(=O)OCC(COP(=O)(O)OCC(O)COP(=O)(O)OCC(COC(=O)CCCCCCCCC/C=C\C/C=C\C/C=C\CC)OC(=O)CCCCCCC/C=C\CCCCCCCC)OC(=O)CCCCCCC/C=C\C/C=C\CCC. The second-order valence-electron chi connectivity index (χ2n) is 26.2. The van der Waals surface area contributed by atoms with Crippen LogP contribution < -0.4 is 0 Å². The second-order valence-corrected chi connectivity index (χ2v) is 29.1. The highest BCUT2D eigenvalue weighted by Crippen LogP contribution is 2.45. The lowest BCUT2D eigenvalue weighted by atomic mass is 10.1. The van der Waals surface area contributed by atoms with Gasteiger partial charge in [0.25, 0.3) is 0 Å². The van der Waals surface area contributed by atoms with Crippen LogP contribution in [0.5, 0.6) is 0 Å². The molecule has 594 valence electrons. The molecule has 0 aliphatic heterocycles. The number of unbranched alkanes of at least 4 members (excludes halogenated alkanes) is 24. The second kappa shape index (κ2) is 76.1. The van der Waals surface area contributed by atoms with Crippen LogP contribution in [0.3, 0.4) is 0 Å². The number of aliphatic hydroxyl groups is 1. The Morgan fingerprint density at radius 1 is 0.279 bits per heavy atom. The van der Waals surface area contributed by atoms with Crippen LogP contribution in [0.15, 0.2) is 146 Å². The van der Waals surface area contributed by atoms with E-state index < -0.39 is 97.5 Å². The third kappa shape index (κ3) is 75.2. The van der Waals surface area contributed by atoms with Gasteiger partial charge in [-0.1, -0.05) is 283 Å². The molecule has 0 radical (unpaired) electrons. The molecule has 0 bridgehead atoms. The first-order valence-electron chi connectivity index (χ1n) is 40.1. The van der Waals surface area contributed by atoms with E-state index in [0.29, 0.717) is 32.1 Å². The highest BCUT2D eigenvalue weighted by Gasteiger charge is 2.30. The normalized spacial score (nSPS) is 14.6. The topological polar surface area (TPSA) is 237 Å². The Kier molecular flexibility index (Phi) is 72.4. The van der Waals surface area contributed by atoms with Crippen molar-refractivity contribution in [3.63, 3.8) is 0 Å². The Labute approximate surface area is 630 Å². The number of phosphoric acid groups is 2. The number of rotatable bonds is 74. The minimum absolute atomic E-state index is 0.0293.